The van der Waals surface area contributed by atoms with E-state index in [0.29, 0.717) is 17.2 Å². The molecule has 2 rings (SSSR count). The summed E-state index contributed by atoms with van der Waals surface area (Å²) in [5, 5.41) is 13.7. The Bertz CT molecular complexity index is 676. The number of methoxy groups -OCH3 is 2. The van der Waals surface area contributed by atoms with Crippen molar-refractivity contribution in [3.05, 3.63) is 52.3 Å². The number of halogens is 1. The monoisotopic (exact) mass is 292 g/mol. The van der Waals surface area contributed by atoms with Crippen LogP contribution in [0.3, 0.4) is 0 Å². The van der Waals surface area contributed by atoms with Crippen LogP contribution in [0.1, 0.15) is 0 Å². The van der Waals surface area contributed by atoms with E-state index in [1.54, 1.807) is 18.2 Å². The zero-order valence-electron chi connectivity index (χ0n) is 11.4. The number of benzene rings is 2. The fourth-order valence-corrected chi connectivity index (χ4v) is 1.87. The van der Waals surface area contributed by atoms with Crippen molar-refractivity contribution in [1.82, 2.24) is 0 Å². The zero-order valence-corrected chi connectivity index (χ0v) is 11.4. The van der Waals surface area contributed by atoms with Crippen molar-refractivity contribution < 1.29 is 18.8 Å². The van der Waals surface area contributed by atoms with E-state index in [-0.39, 0.29) is 5.69 Å². The molecule has 0 aliphatic carbocycles. The van der Waals surface area contributed by atoms with Crippen molar-refractivity contribution in [1.29, 1.82) is 0 Å². The minimum atomic E-state index is -0.898. The van der Waals surface area contributed by atoms with E-state index in [0.717, 1.165) is 6.07 Å². The second-order valence-electron chi connectivity index (χ2n) is 4.09. The summed E-state index contributed by atoms with van der Waals surface area (Å²) in [6.45, 7) is 0. The Labute approximate surface area is 120 Å². The number of hydrogen-bond acceptors (Lipinski definition) is 5. The quantitative estimate of drug-likeness (QED) is 0.674. The molecular weight excluding hydrogens is 279 g/mol. The number of nitrogens with one attached hydrogen (secondary N) is 1. The van der Waals surface area contributed by atoms with Crippen molar-refractivity contribution in [3.8, 4) is 11.5 Å². The molecule has 0 aliphatic heterocycles. The molecule has 0 aliphatic rings. The number of nitro benzene ring substituents is 1. The summed E-state index contributed by atoms with van der Waals surface area (Å²) < 4.78 is 23.8. The van der Waals surface area contributed by atoms with E-state index < -0.39 is 16.4 Å². The molecule has 6 nitrogen and oxygen atoms in total. The molecule has 7 heteroatoms. The van der Waals surface area contributed by atoms with Gasteiger partial charge in [0.2, 0.25) is 5.82 Å². The highest BCUT2D eigenvalue weighted by molar-refractivity contribution is 5.71. The Morgan fingerprint density at radius 1 is 1.14 bits per heavy atom. The van der Waals surface area contributed by atoms with E-state index in [1.807, 2.05) is 0 Å². The van der Waals surface area contributed by atoms with Crippen LogP contribution in [0.15, 0.2) is 36.4 Å². The van der Waals surface area contributed by atoms with Gasteiger partial charge >= 0.3 is 5.69 Å². The molecule has 0 heterocycles. The first-order valence-electron chi connectivity index (χ1n) is 5.98. The molecule has 0 unspecified atom stereocenters. The van der Waals surface area contributed by atoms with Crippen LogP contribution in [0.25, 0.3) is 0 Å². The summed E-state index contributed by atoms with van der Waals surface area (Å²) in [5.41, 5.74) is -0.0270. The number of anilines is 2. The van der Waals surface area contributed by atoms with Gasteiger partial charge in [0.05, 0.1) is 19.1 Å². The molecule has 0 fully saturated rings. The summed E-state index contributed by atoms with van der Waals surface area (Å²) >= 11 is 0. The van der Waals surface area contributed by atoms with Gasteiger partial charge in [-0.3, -0.25) is 10.1 Å². The lowest BCUT2D eigenvalue weighted by molar-refractivity contribution is -0.386. The van der Waals surface area contributed by atoms with Gasteiger partial charge < -0.3 is 14.8 Å². The average Bonchev–Trinajstić information content (AvgIpc) is 2.46. The molecule has 2 aromatic carbocycles. The summed E-state index contributed by atoms with van der Waals surface area (Å²) in [5.74, 6) is 0.0869. The van der Waals surface area contributed by atoms with E-state index in [9.17, 15) is 14.5 Å². The van der Waals surface area contributed by atoms with Crippen molar-refractivity contribution >= 4 is 17.1 Å². The molecule has 1 N–H and O–H groups in total. The second kappa shape index (κ2) is 6.08. The Balaban J connectivity index is 2.39. The lowest BCUT2D eigenvalue weighted by Crippen LogP contribution is -2.00. The Hall–Kier alpha value is -2.83. The molecule has 2 aromatic rings. The van der Waals surface area contributed by atoms with Crippen LogP contribution in [0.2, 0.25) is 0 Å². The SMILES string of the molecule is COc1ccc(Nc2cccc(F)c2[N+](=O)[O-])cc1OC. The fourth-order valence-electron chi connectivity index (χ4n) is 1.87. The van der Waals surface area contributed by atoms with Crippen LogP contribution in [-0.2, 0) is 0 Å². The third-order valence-corrected chi connectivity index (χ3v) is 2.83. The molecule has 0 aromatic heterocycles. The van der Waals surface area contributed by atoms with Gasteiger partial charge in [0, 0.05) is 11.8 Å². The van der Waals surface area contributed by atoms with Gasteiger partial charge in [0.1, 0.15) is 5.69 Å². The largest absolute Gasteiger partial charge is 0.493 e. The summed E-state index contributed by atoms with van der Waals surface area (Å²) in [7, 11) is 2.98. The lowest BCUT2D eigenvalue weighted by Gasteiger charge is -2.11. The van der Waals surface area contributed by atoms with Crippen LogP contribution in [0.4, 0.5) is 21.5 Å². The minimum Gasteiger partial charge on any atom is -0.493 e. The summed E-state index contributed by atoms with van der Waals surface area (Å²) in [6.07, 6.45) is 0. The highest BCUT2D eigenvalue weighted by atomic mass is 19.1. The van der Waals surface area contributed by atoms with Crippen LogP contribution < -0.4 is 14.8 Å². The van der Waals surface area contributed by atoms with E-state index in [1.165, 1.54) is 26.4 Å². The molecule has 0 amide bonds. The molecule has 21 heavy (non-hydrogen) atoms. The van der Waals surface area contributed by atoms with Crippen LogP contribution >= 0.6 is 0 Å². The number of para-hydroxylation sites is 1. The smallest absolute Gasteiger partial charge is 0.327 e. The lowest BCUT2D eigenvalue weighted by atomic mass is 10.2. The first kappa shape index (κ1) is 14.6. The number of ether oxygens (including phenoxy) is 2. The van der Waals surface area contributed by atoms with Gasteiger partial charge in [-0.05, 0) is 24.3 Å². The standard InChI is InChI=1S/C14H13FN2O4/c1-20-12-7-6-9(8-13(12)21-2)16-11-5-3-4-10(15)14(11)17(18)19/h3-8,16H,1-2H3. The average molecular weight is 292 g/mol. The second-order valence-corrected chi connectivity index (χ2v) is 4.09. The predicted molar refractivity (Wildman–Crippen MR) is 75.9 cm³/mol. The first-order valence-corrected chi connectivity index (χ1v) is 5.98. The maximum Gasteiger partial charge on any atom is 0.327 e. The van der Waals surface area contributed by atoms with Gasteiger partial charge in [-0.25, -0.2) is 0 Å². The third kappa shape index (κ3) is 3.02. The van der Waals surface area contributed by atoms with Crippen molar-refractivity contribution in [2.75, 3.05) is 19.5 Å². The first-order chi connectivity index (χ1) is 10.1. The molecule has 110 valence electrons. The Kier molecular flexibility index (Phi) is 4.22. The molecule has 0 atom stereocenters. The van der Waals surface area contributed by atoms with E-state index in [4.69, 9.17) is 9.47 Å². The maximum atomic E-state index is 13.5. The van der Waals surface area contributed by atoms with E-state index in [2.05, 4.69) is 5.32 Å². The highest BCUT2D eigenvalue weighted by Gasteiger charge is 2.20. The number of nitrogens with zero attached hydrogens (tertiary/aromatic N) is 1. The van der Waals surface area contributed by atoms with Gasteiger partial charge in [0.25, 0.3) is 0 Å². The normalized spacial score (nSPS) is 10.0. The molecule has 0 radical (unpaired) electrons. The Morgan fingerprint density at radius 2 is 1.86 bits per heavy atom. The van der Waals surface area contributed by atoms with Crippen LogP contribution in [0.5, 0.6) is 11.5 Å². The van der Waals surface area contributed by atoms with Crippen molar-refractivity contribution in [3.63, 3.8) is 0 Å². The van der Waals surface area contributed by atoms with Gasteiger partial charge in [-0.2, -0.15) is 4.39 Å². The molecule has 0 bridgehead atoms. The topological polar surface area (TPSA) is 73.6 Å². The van der Waals surface area contributed by atoms with Crippen LogP contribution in [0, 0.1) is 15.9 Å². The maximum absolute atomic E-state index is 13.5. The molecule has 0 saturated heterocycles. The van der Waals surface area contributed by atoms with Crippen LogP contribution in [-0.4, -0.2) is 19.1 Å². The fraction of sp³-hybridized carbons (Fsp3) is 0.143. The molecular formula is C14H13FN2O4. The van der Waals surface area contributed by atoms with Crippen molar-refractivity contribution in [2.24, 2.45) is 0 Å². The zero-order chi connectivity index (χ0) is 15.4. The molecule has 0 saturated carbocycles. The van der Waals surface area contributed by atoms with Gasteiger partial charge in [-0.15, -0.1) is 0 Å². The third-order valence-electron chi connectivity index (χ3n) is 2.83. The van der Waals surface area contributed by atoms with Gasteiger partial charge in [-0.1, -0.05) is 6.07 Å². The Morgan fingerprint density at radius 3 is 2.48 bits per heavy atom. The summed E-state index contributed by atoms with van der Waals surface area (Å²) in [6, 6.07) is 8.76. The highest BCUT2D eigenvalue weighted by Crippen LogP contribution is 2.34. The molecule has 0 spiro atoms. The van der Waals surface area contributed by atoms with Crippen molar-refractivity contribution in [2.45, 2.75) is 0 Å². The number of rotatable bonds is 5. The summed E-state index contributed by atoms with van der Waals surface area (Å²) in [4.78, 5) is 10.2. The minimum absolute atomic E-state index is 0.0622. The van der Waals surface area contributed by atoms with E-state index >= 15 is 0 Å². The number of nitro groups is 1. The van der Waals surface area contributed by atoms with Gasteiger partial charge in [0.15, 0.2) is 11.5 Å². The predicted octanol–water partition coefficient (Wildman–Crippen LogP) is 3.49. The number of hydrogen-bond donors (Lipinski definition) is 1.